The summed E-state index contributed by atoms with van der Waals surface area (Å²) in [7, 11) is 0. The van der Waals surface area contributed by atoms with E-state index in [2.05, 4.69) is 58.2 Å². The first-order valence-corrected chi connectivity index (χ1v) is 7.83. The molecule has 0 amide bonds. The van der Waals surface area contributed by atoms with E-state index in [4.69, 9.17) is 0 Å². The van der Waals surface area contributed by atoms with E-state index >= 15 is 0 Å². The Bertz CT molecular complexity index is 565. The highest BCUT2D eigenvalue weighted by atomic mass is 79.9. The minimum absolute atomic E-state index is 0.0617. The normalized spacial score (nSPS) is 12.6. The second-order valence-electron chi connectivity index (χ2n) is 4.84. The molecule has 0 aliphatic rings. The molecule has 2 heterocycles. The minimum Gasteiger partial charge on any atom is -0.304 e. The number of pyridine rings is 1. The summed E-state index contributed by atoms with van der Waals surface area (Å²) in [5, 5.41) is 7.99. The van der Waals surface area contributed by atoms with Crippen LogP contribution in [0.4, 0.5) is 0 Å². The van der Waals surface area contributed by atoms with Crippen LogP contribution < -0.4 is 5.32 Å². The average Bonchev–Trinajstić information content (AvgIpc) is 2.81. The van der Waals surface area contributed by atoms with Gasteiger partial charge < -0.3 is 5.32 Å². The van der Waals surface area contributed by atoms with E-state index in [1.54, 1.807) is 0 Å². The molecule has 0 bridgehead atoms. The lowest BCUT2D eigenvalue weighted by atomic mass is 10.1. The maximum atomic E-state index is 4.54. The van der Waals surface area contributed by atoms with Crippen LogP contribution in [0.5, 0.6) is 0 Å². The zero-order chi connectivity index (χ0) is 14.5. The van der Waals surface area contributed by atoms with Crippen molar-refractivity contribution >= 4 is 15.9 Å². The quantitative estimate of drug-likeness (QED) is 0.878. The fourth-order valence-corrected chi connectivity index (χ4v) is 2.78. The molecule has 2 aromatic rings. The van der Waals surface area contributed by atoms with Crippen LogP contribution in [-0.4, -0.2) is 21.3 Å². The van der Waals surface area contributed by atoms with E-state index in [-0.39, 0.29) is 6.04 Å². The Balaban J connectivity index is 2.44. The predicted molar refractivity (Wildman–Crippen MR) is 84.7 cm³/mol. The lowest BCUT2D eigenvalue weighted by molar-refractivity contribution is 0.520. The van der Waals surface area contributed by atoms with Gasteiger partial charge in [0.25, 0.3) is 0 Å². The van der Waals surface area contributed by atoms with Gasteiger partial charge in [0.05, 0.1) is 28.1 Å². The van der Waals surface area contributed by atoms with Gasteiger partial charge in [-0.3, -0.25) is 9.67 Å². The topological polar surface area (TPSA) is 42.7 Å². The molecule has 0 aliphatic carbocycles. The van der Waals surface area contributed by atoms with Gasteiger partial charge in [-0.15, -0.1) is 0 Å². The van der Waals surface area contributed by atoms with E-state index in [1.165, 1.54) is 5.56 Å². The zero-order valence-electron chi connectivity index (χ0n) is 12.2. The van der Waals surface area contributed by atoms with Gasteiger partial charge in [-0.25, -0.2) is 0 Å². The first-order valence-electron chi connectivity index (χ1n) is 7.04. The third-order valence-electron chi connectivity index (χ3n) is 3.24. The molecule has 0 saturated heterocycles. The molecule has 1 unspecified atom stereocenters. The van der Waals surface area contributed by atoms with E-state index in [0.717, 1.165) is 35.4 Å². The summed E-state index contributed by atoms with van der Waals surface area (Å²) in [5.41, 5.74) is 3.39. The van der Waals surface area contributed by atoms with Crippen molar-refractivity contribution in [2.45, 2.75) is 39.8 Å². The highest BCUT2D eigenvalue weighted by molar-refractivity contribution is 9.10. The molecule has 0 aromatic carbocycles. The van der Waals surface area contributed by atoms with Crippen LogP contribution in [0.3, 0.4) is 0 Å². The second-order valence-corrected chi connectivity index (χ2v) is 5.69. The van der Waals surface area contributed by atoms with Gasteiger partial charge in [-0.05, 0) is 60.4 Å². The summed E-state index contributed by atoms with van der Waals surface area (Å²) < 4.78 is 3.04. The molecule has 0 saturated carbocycles. The highest BCUT2D eigenvalue weighted by Gasteiger charge is 2.22. The number of nitrogens with one attached hydrogen (secondary N) is 1. The Labute approximate surface area is 128 Å². The van der Waals surface area contributed by atoms with Gasteiger partial charge in [0.15, 0.2) is 0 Å². The van der Waals surface area contributed by atoms with E-state index in [1.807, 2.05) is 23.1 Å². The smallest absolute Gasteiger partial charge is 0.0933 e. The fraction of sp³-hybridized carbons (Fsp3) is 0.467. The SMILES string of the molecule is CCCNC(c1cc(C)ccn1)c1c(Br)cnn1CC. The number of nitrogens with zero attached hydrogens (tertiary/aromatic N) is 3. The molecule has 4 nitrogen and oxygen atoms in total. The van der Waals surface area contributed by atoms with Crippen molar-refractivity contribution in [2.24, 2.45) is 0 Å². The number of aromatic nitrogens is 3. The molecule has 1 N–H and O–H groups in total. The number of halogens is 1. The average molecular weight is 337 g/mol. The maximum Gasteiger partial charge on any atom is 0.0933 e. The molecule has 20 heavy (non-hydrogen) atoms. The van der Waals surface area contributed by atoms with Gasteiger partial charge in [0.1, 0.15) is 0 Å². The maximum absolute atomic E-state index is 4.54. The van der Waals surface area contributed by atoms with E-state index in [9.17, 15) is 0 Å². The molecule has 2 rings (SSSR count). The molecule has 108 valence electrons. The molecular weight excluding hydrogens is 316 g/mol. The first-order chi connectivity index (χ1) is 9.67. The summed E-state index contributed by atoms with van der Waals surface area (Å²) >= 11 is 3.62. The summed E-state index contributed by atoms with van der Waals surface area (Å²) in [4.78, 5) is 4.54. The van der Waals surface area contributed by atoms with Crippen molar-refractivity contribution in [2.75, 3.05) is 6.54 Å². The van der Waals surface area contributed by atoms with Crippen molar-refractivity contribution in [3.05, 3.63) is 46.0 Å². The lowest BCUT2D eigenvalue weighted by Gasteiger charge is -2.20. The predicted octanol–water partition coefficient (Wildman–Crippen LogP) is 3.46. The van der Waals surface area contributed by atoms with Crippen LogP contribution in [0.1, 0.15) is 43.3 Å². The van der Waals surface area contributed by atoms with Gasteiger partial charge in [0.2, 0.25) is 0 Å². The molecule has 0 aliphatic heterocycles. The van der Waals surface area contributed by atoms with E-state index < -0.39 is 0 Å². The van der Waals surface area contributed by atoms with Gasteiger partial charge in [-0.1, -0.05) is 6.92 Å². The van der Waals surface area contributed by atoms with Crippen LogP contribution in [0, 0.1) is 6.92 Å². The number of rotatable bonds is 6. The van der Waals surface area contributed by atoms with Crippen molar-refractivity contribution in [1.82, 2.24) is 20.1 Å². The van der Waals surface area contributed by atoms with Crippen molar-refractivity contribution in [1.29, 1.82) is 0 Å². The van der Waals surface area contributed by atoms with Crippen molar-refractivity contribution in [3.63, 3.8) is 0 Å². The third-order valence-corrected chi connectivity index (χ3v) is 3.85. The Morgan fingerprint density at radius 2 is 2.20 bits per heavy atom. The van der Waals surface area contributed by atoms with Crippen LogP contribution in [0.2, 0.25) is 0 Å². The Morgan fingerprint density at radius 1 is 1.40 bits per heavy atom. The third kappa shape index (κ3) is 3.27. The summed E-state index contributed by atoms with van der Waals surface area (Å²) in [6, 6.07) is 4.21. The first kappa shape index (κ1) is 15.2. The fourth-order valence-electron chi connectivity index (χ4n) is 2.26. The summed E-state index contributed by atoms with van der Waals surface area (Å²) in [6.45, 7) is 8.15. The van der Waals surface area contributed by atoms with Gasteiger partial charge >= 0.3 is 0 Å². The Hall–Kier alpha value is -1.20. The summed E-state index contributed by atoms with van der Waals surface area (Å²) in [6.07, 6.45) is 4.81. The Kier molecular flexibility index (Phi) is 5.31. The second kappa shape index (κ2) is 6.99. The van der Waals surface area contributed by atoms with Gasteiger partial charge in [-0.2, -0.15) is 5.10 Å². The number of hydrogen-bond acceptors (Lipinski definition) is 3. The van der Waals surface area contributed by atoms with Crippen molar-refractivity contribution in [3.8, 4) is 0 Å². The summed E-state index contributed by atoms with van der Waals surface area (Å²) in [5.74, 6) is 0. The van der Waals surface area contributed by atoms with Crippen LogP contribution in [0.15, 0.2) is 29.0 Å². The van der Waals surface area contributed by atoms with Crippen LogP contribution >= 0.6 is 15.9 Å². The van der Waals surface area contributed by atoms with Crippen molar-refractivity contribution < 1.29 is 0 Å². The van der Waals surface area contributed by atoms with E-state index in [0.29, 0.717) is 0 Å². The Morgan fingerprint density at radius 3 is 2.85 bits per heavy atom. The standard InChI is InChI=1S/C15H21BrN4/c1-4-7-18-14(13-9-11(3)6-8-17-13)15-12(16)10-19-20(15)5-2/h6,8-10,14,18H,4-5,7H2,1-3H3. The molecule has 0 spiro atoms. The minimum atomic E-state index is 0.0617. The molecule has 1 atom stereocenters. The van der Waals surface area contributed by atoms with Crippen LogP contribution in [-0.2, 0) is 6.54 Å². The largest absolute Gasteiger partial charge is 0.304 e. The molecule has 0 fully saturated rings. The highest BCUT2D eigenvalue weighted by Crippen LogP contribution is 2.28. The van der Waals surface area contributed by atoms with Crippen LogP contribution in [0.25, 0.3) is 0 Å². The molecule has 0 radical (unpaired) electrons. The monoisotopic (exact) mass is 336 g/mol. The zero-order valence-corrected chi connectivity index (χ0v) is 13.8. The molecular formula is C15H21BrN4. The molecule has 2 aromatic heterocycles. The molecule has 5 heteroatoms. The van der Waals surface area contributed by atoms with Gasteiger partial charge in [0, 0.05) is 12.7 Å². The number of aryl methyl sites for hydroxylation is 2. The number of hydrogen-bond donors (Lipinski definition) is 1. The lowest BCUT2D eigenvalue weighted by Crippen LogP contribution is -2.27.